The lowest BCUT2D eigenvalue weighted by Crippen LogP contribution is -2.32. The Morgan fingerprint density at radius 1 is 0.978 bits per heavy atom. The van der Waals surface area contributed by atoms with Crippen molar-refractivity contribution in [2.75, 3.05) is 5.32 Å². The number of halogens is 3. The first-order valence-electron chi connectivity index (χ1n) is 15.2. The van der Waals surface area contributed by atoms with E-state index in [1.807, 2.05) is 16.7 Å². The first-order chi connectivity index (χ1) is 21.7. The van der Waals surface area contributed by atoms with Gasteiger partial charge in [-0.15, -0.1) is 0 Å². The van der Waals surface area contributed by atoms with Crippen LogP contribution in [0.15, 0.2) is 71.7 Å². The standard InChI is InChI=1S/C34H37F3N8O/c1-32(2)17-24(18-33(3,4)20-32)22-10-13-26(14-11-22)38-31-44(5)27-15-12-25(34(35,36)37)16-28(27)45(31)19-21-6-8-23(9-7-21)29(46)39-30-40-42-43-41-30/h6-16,24H,17-20H2,1-5H3,(H2,39,40,41,42,43,46). The largest absolute Gasteiger partial charge is 0.416 e. The van der Waals surface area contributed by atoms with Crippen LogP contribution in [0.2, 0.25) is 0 Å². The minimum atomic E-state index is -4.49. The number of alkyl halides is 3. The molecule has 6 rings (SSSR count). The Bertz CT molecular complexity index is 1920. The van der Waals surface area contributed by atoms with Gasteiger partial charge in [0.1, 0.15) is 0 Å². The maximum atomic E-state index is 13.8. The van der Waals surface area contributed by atoms with E-state index in [0.717, 1.165) is 30.5 Å². The van der Waals surface area contributed by atoms with Crippen molar-refractivity contribution in [3.05, 3.63) is 94.6 Å². The molecule has 9 nitrogen and oxygen atoms in total. The van der Waals surface area contributed by atoms with Gasteiger partial charge in [0, 0.05) is 12.6 Å². The summed E-state index contributed by atoms with van der Waals surface area (Å²) in [5, 5.41) is 15.5. The Morgan fingerprint density at radius 3 is 2.26 bits per heavy atom. The summed E-state index contributed by atoms with van der Waals surface area (Å²) in [5.74, 6) is 0.164. The Hall–Kier alpha value is -4.74. The van der Waals surface area contributed by atoms with Gasteiger partial charge in [0.15, 0.2) is 0 Å². The van der Waals surface area contributed by atoms with Gasteiger partial charge in [-0.2, -0.15) is 13.2 Å². The molecular formula is C34H37F3N8O. The monoisotopic (exact) mass is 630 g/mol. The summed E-state index contributed by atoms with van der Waals surface area (Å²) < 4.78 is 44.9. The molecular weight excluding hydrogens is 593 g/mol. The molecule has 2 N–H and O–H groups in total. The van der Waals surface area contributed by atoms with Crippen molar-refractivity contribution in [2.45, 2.75) is 65.6 Å². The van der Waals surface area contributed by atoms with Gasteiger partial charge < -0.3 is 9.13 Å². The topological polar surface area (TPSA) is 106 Å². The number of rotatable bonds is 6. The molecule has 240 valence electrons. The maximum absolute atomic E-state index is 13.8. The molecule has 12 heteroatoms. The molecule has 1 amide bonds. The van der Waals surface area contributed by atoms with Crippen molar-refractivity contribution >= 4 is 28.6 Å². The number of aromatic nitrogens is 6. The van der Waals surface area contributed by atoms with Crippen LogP contribution in [0.25, 0.3) is 11.0 Å². The number of nitrogens with one attached hydrogen (secondary N) is 2. The van der Waals surface area contributed by atoms with Crippen LogP contribution in [0.1, 0.15) is 79.9 Å². The number of benzene rings is 3. The zero-order valence-electron chi connectivity index (χ0n) is 26.5. The van der Waals surface area contributed by atoms with Crippen molar-refractivity contribution in [1.29, 1.82) is 0 Å². The molecule has 46 heavy (non-hydrogen) atoms. The third-order valence-electron chi connectivity index (χ3n) is 8.78. The van der Waals surface area contributed by atoms with Gasteiger partial charge in [0.05, 0.1) is 28.8 Å². The van der Waals surface area contributed by atoms with Crippen molar-refractivity contribution in [3.63, 3.8) is 0 Å². The predicted octanol–water partition coefficient (Wildman–Crippen LogP) is 7.36. The lowest BCUT2D eigenvalue weighted by molar-refractivity contribution is -0.137. The molecule has 0 aliphatic heterocycles. The lowest BCUT2D eigenvalue weighted by atomic mass is 9.60. The van der Waals surface area contributed by atoms with Crippen LogP contribution in [-0.2, 0) is 19.8 Å². The molecule has 0 unspecified atom stereocenters. The number of aromatic amines is 1. The number of tetrazole rings is 1. The molecule has 0 bridgehead atoms. The van der Waals surface area contributed by atoms with E-state index in [-0.39, 0.29) is 23.3 Å². The zero-order chi connectivity index (χ0) is 32.9. The SMILES string of the molecule is Cn1c(=Nc2ccc(C3CC(C)(C)CC(C)(C)C3)cc2)n(Cc2ccc(C(=O)Nc3nnn[nH]3)cc2)c2cc(C(F)(F)F)ccc21. The highest BCUT2D eigenvalue weighted by Gasteiger charge is 2.38. The number of hydrogen-bond donors (Lipinski definition) is 2. The second kappa shape index (κ2) is 11.6. The van der Waals surface area contributed by atoms with E-state index in [9.17, 15) is 18.0 Å². The van der Waals surface area contributed by atoms with Crippen LogP contribution < -0.4 is 10.9 Å². The van der Waals surface area contributed by atoms with E-state index < -0.39 is 17.6 Å². The molecule has 3 aromatic carbocycles. The van der Waals surface area contributed by atoms with Crippen LogP contribution >= 0.6 is 0 Å². The maximum Gasteiger partial charge on any atom is 0.416 e. The summed E-state index contributed by atoms with van der Waals surface area (Å²) >= 11 is 0. The number of aryl methyl sites for hydroxylation is 1. The fourth-order valence-electron chi connectivity index (χ4n) is 7.24. The number of amides is 1. The molecule has 1 saturated carbocycles. The molecule has 5 aromatic rings. The van der Waals surface area contributed by atoms with Crippen molar-refractivity contribution in [2.24, 2.45) is 22.9 Å². The molecule has 2 aromatic heterocycles. The van der Waals surface area contributed by atoms with Crippen molar-refractivity contribution in [3.8, 4) is 0 Å². The van der Waals surface area contributed by atoms with E-state index in [2.05, 4.69) is 65.8 Å². The number of H-pyrrole nitrogens is 1. The second-order valence-electron chi connectivity index (χ2n) is 13.9. The zero-order valence-corrected chi connectivity index (χ0v) is 26.5. The highest BCUT2D eigenvalue weighted by molar-refractivity contribution is 6.03. The van der Waals surface area contributed by atoms with E-state index in [4.69, 9.17) is 4.99 Å². The van der Waals surface area contributed by atoms with E-state index in [1.54, 1.807) is 35.9 Å². The van der Waals surface area contributed by atoms with Gasteiger partial charge >= 0.3 is 6.18 Å². The average Bonchev–Trinajstić information content (AvgIpc) is 3.58. The molecule has 1 fully saturated rings. The number of anilines is 1. The third kappa shape index (κ3) is 6.61. The highest BCUT2D eigenvalue weighted by Crippen LogP contribution is 2.51. The van der Waals surface area contributed by atoms with E-state index in [1.165, 1.54) is 18.1 Å². The van der Waals surface area contributed by atoms with Crippen LogP contribution in [0, 0.1) is 10.8 Å². The number of fused-ring (bicyclic) bond motifs is 1. The number of hydrogen-bond acceptors (Lipinski definition) is 5. The summed E-state index contributed by atoms with van der Waals surface area (Å²) in [5.41, 5.74) is 4.45. The number of carbonyl (C=O) groups excluding carboxylic acids is 1. The summed E-state index contributed by atoms with van der Waals surface area (Å²) in [6.07, 6.45) is -1.06. The normalized spacial score (nSPS) is 17.0. The minimum absolute atomic E-state index is 0.117. The van der Waals surface area contributed by atoms with Crippen LogP contribution in [-0.4, -0.2) is 35.7 Å². The fourth-order valence-corrected chi connectivity index (χ4v) is 7.24. The Kier molecular flexibility index (Phi) is 7.86. The molecule has 2 heterocycles. The molecule has 0 atom stereocenters. The first kappa shape index (κ1) is 31.3. The van der Waals surface area contributed by atoms with E-state index >= 15 is 0 Å². The number of nitrogens with zero attached hydrogens (tertiary/aromatic N) is 6. The van der Waals surface area contributed by atoms with Crippen molar-refractivity contribution in [1.82, 2.24) is 29.8 Å². The number of imidazole rings is 1. The van der Waals surface area contributed by atoms with Gasteiger partial charge in [-0.1, -0.05) is 57.1 Å². The Labute approximate surface area is 264 Å². The van der Waals surface area contributed by atoms with Gasteiger partial charge in [-0.3, -0.25) is 10.1 Å². The third-order valence-corrected chi connectivity index (χ3v) is 8.78. The predicted molar refractivity (Wildman–Crippen MR) is 169 cm³/mol. The van der Waals surface area contributed by atoms with Gasteiger partial charge in [-0.25, -0.2) is 10.1 Å². The van der Waals surface area contributed by atoms with Crippen LogP contribution in [0.5, 0.6) is 0 Å². The van der Waals surface area contributed by atoms with Gasteiger partial charge in [0.25, 0.3) is 5.91 Å². The lowest BCUT2D eigenvalue weighted by Gasteiger charge is -2.45. The Morgan fingerprint density at radius 2 is 1.65 bits per heavy atom. The fraction of sp³-hybridized carbons (Fsp3) is 0.382. The quantitative estimate of drug-likeness (QED) is 0.204. The average molecular weight is 631 g/mol. The molecule has 1 aliphatic rings. The van der Waals surface area contributed by atoms with Gasteiger partial charge in [-0.05, 0) is 100 Å². The second-order valence-corrected chi connectivity index (χ2v) is 13.9. The minimum Gasteiger partial charge on any atom is -0.313 e. The van der Waals surface area contributed by atoms with E-state index in [0.29, 0.717) is 33.8 Å². The number of carbonyl (C=O) groups is 1. The molecule has 0 spiro atoms. The molecule has 0 radical (unpaired) electrons. The van der Waals surface area contributed by atoms with Crippen molar-refractivity contribution < 1.29 is 18.0 Å². The summed E-state index contributed by atoms with van der Waals surface area (Å²) in [7, 11) is 1.80. The summed E-state index contributed by atoms with van der Waals surface area (Å²) in [6, 6.07) is 18.8. The highest BCUT2D eigenvalue weighted by atomic mass is 19.4. The molecule has 0 saturated heterocycles. The molecule has 1 aliphatic carbocycles. The van der Waals surface area contributed by atoms with Gasteiger partial charge in [0.2, 0.25) is 11.6 Å². The first-order valence-corrected chi connectivity index (χ1v) is 15.2. The summed E-state index contributed by atoms with van der Waals surface area (Å²) in [4.78, 5) is 17.5. The Balaban J connectivity index is 1.36. The summed E-state index contributed by atoms with van der Waals surface area (Å²) in [6.45, 7) is 9.59. The smallest absolute Gasteiger partial charge is 0.313 e. The van der Waals surface area contributed by atoms with Crippen LogP contribution in [0.3, 0.4) is 0 Å². The van der Waals surface area contributed by atoms with Crippen LogP contribution in [0.4, 0.5) is 24.8 Å².